The molecule has 0 aromatic rings. The first-order chi connectivity index (χ1) is 4.00. The van der Waals surface area contributed by atoms with E-state index in [0.717, 1.165) is 13.3 Å². The molecule has 8 heavy (non-hydrogen) atoms. The smallest absolute Gasteiger partial charge is 0.0992 e. The van der Waals surface area contributed by atoms with E-state index in [1.807, 2.05) is 0 Å². The summed E-state index contributed by atoms with van der Waals surface area (Å²) >= 11 is 0. The number of hydrogen-bond donors (Lipinski definition) is 3. The van der Waals surface area contributed by atoms with Gasteiger partial charge >= 0.3 is 0 Å². The van der Waals surface area contributed by atoms with E-state index >= 15 is 0 Å². The van der Waals surface area contributed by atoms with Crippen molar-refractivity contribution in [2.24, 2.45) is 0 Å². The number of ether oxygens (including phenoxy) is 1. The van der Waals surface area contributed by atoms with Gasteiger partial charge in [0.25, 0.3) is 0 Å². The van der Waals surface area contributed by atoms with Crippen LogP contribution in [0.25, 0.3) is 0 Å². The van der Waals surface area contributed by atoms with E-state index in [1.165, 1.54) is 0 Å². The molecule has 1 aliphatic heterocycles. The third-order valence-corrected chi connectivity index (χ3v) is 0.908. The van der Waals surface area contributed by atoms with Crippen molar-refractivity contribution in [3.05, 3.63) is 0 Å². The lowest BCUT2D eigenvalue weighted by molar-refractivity contribution is 0.0865. The van der Waals surface area contributed by atoms with E-state index in [9.17, 15) is 0 Å². The monoisotopic (exact) mass is 117 g/mol. The molecule has 1 aliphatic rings. The van der Waals surface area contributed by atoms with Gasteiger partial charge in [-0.15, -0.1) is 0 Å². The van der Waals surface area contributed by atoms with Gasteiger partial charge in [0, 0.05) is 13.3 Å². The topological polar surface area (TPSA) is 45.3 Å². The second kappa shape index (κ2) is 3.80. The number of rotatable bonds is 0. The van der Waals surface area contributed by atoms with Crippen LogP contribution in [0.1, 0.15) is 0 Å². The van der Waals surface area contributed by atoms with Gasteiger partial charge in [0.2, 0.25) is 0 Å². The zero-order chi connectivity index (χ0) is 5.66. The van der Waals surface area contributed by atoms with Crippen molar-refractivity contribution in [2.45, 2.75) is 0 Å². The van der Waals surface area contributed by atoms with E-state index < -0.39 is 0 Å². The summed E-state index contributed by atoms with van der Waals surface area (Å²) in [6, 6.07) is 0. The van der Waals surface area contributed by atoms with Gasteiger partial charge in [0.15, 0.2) is 0 Å². The number of nitrogens with one attached hydrogen (secondary N) is 3. The zero-order valence-electron chi connectivity index (χ0n) is 4.74. The summed E-state index contributed by atoms with van der Waals surface area (Å²) in [5.74, 6) is 0. The predicted octanol–water partition coefficient (Wildman–Crippen LogP) is -1.38. The quantitative estimate of drug-likeness (QED) is 0.366. The van der Waals surface area contributed by atoms with Crippen LogP contribution in [0.4, 0.5) is 0 Å². The Hall–Kier alpha value is -0.160. The van der Waals surface area contributed by atoms with Gasteiger partial charge in [0.05, 0.1) is 13.5 Å². The van der Waals surface area contributed by atoms with Crippen LogP contribution >= 0.6 is 0 Å². The van der Waals surface area contributed by atoms with Gasteiger partial charge in [0.1, 0.15) is 0 Å². The van der Waals surface area contributed by atoms with E-state index in [1.54, 1.807) is 0 Å². The Labute approximate surface area is 48.6 Å². The molecular weight excluding hydrogens is 106 g/mol. The Morgan fingerprint density at radius 2 is 1.50 bits per heavy atom. The Balaban J connectivity index is 2.00. The molecule has 0 aliphatic carbocycles. The first kappa shape index (κ1) is 5.97. The Bertz CT molecular complexity index is 35.2. The van der Waals surface area contributed by atoms with E-state index in [0.29, 0.717) is 13.5 Å². The van der Waals surface area contributed by atoms with Crippen molar-refractivity contribution in [2.75, 3.05) is 26.8 Å². The Kier molecular flexibility index (Phi) is 2.83. The van der Waals surface area contributed by atoms with Gasteiger partial charge in [-0.3, -0.25) is 16.0 Å². The first-order valence-electron chi connectivity index (χ1n) is 2.70. The summed E-state index contributed by atoms with van der Waals surface area (Å²) in [4.78, 5) is 0. The summed E-state index contributed by atoms with van der Waals surface area (Å²) in [7, 11) is 0. The van der Waals surface area contributed by atoms with Crippen molar-refractivity contribution in [3.8, 4) is 0 Å². The maximum Gasteiger partial charge on any atom is 0.0992 e. The molecule has 0 bridgehead atoms. The highest BCUT2D eigenvalue weighted by molar-refractivity contribution is 4.42. The molecule has 4 nitrogen and oxygen atoms in total. The molecule has 1 saturated heterocycles. The van der Waals surface area contributed by atoms with Crippen LogP contribution in [0.3, 0.4) is 0 Å². The molecule has 4 heteroatoms. The summed E-state index contributed by atoms with van der Waals surface area (Å²) in [5, 5.41) is 9.11. The van der Waals surface area contributed by atoms with Crippen LogP contribution in [0.2, 0.25) is 0 Å². The lowest BCUT2D eigenvalue weighted by atomic mass is 10.8. The highest BCUT2D eigenvalue weighted by Gasteiger charge is 1.90. The minimum atomic E-state index is 0.625. The molecule has 0 aromatic heterocycles. The molecule has 1 heterocycles. The summed E-state index contributed by atoms with van der Waals surface area (Å²) in [6.45, 7) is 2.88. The minimum absolute atomic E-state index is 0.625. The van der Waals surface area contributed by atoms with Crippen LogP contribution < -0.4 is 16.0 Å². The highest BCUT2D eigenvalue weighted by atomic mass is 16.5. The third-order valence-electron chi connectivity index (χ3n) is 0.908. The molecule has 48 valence electrons. The van der Waals surface area contributed by atoms with Gasteiger partial charge in [-0.2, -0.15) is 0 Å². The zero-order valence-corrected chi connectivity index (χ0v) is 4.74. The molecule has 3 N–H and O–H groups in total. The molecule has 0 unspecified atom stereocenters. The molecule has 0 saturated carbocycles. The molecule has 0 aromatic carbocycles. The fraction of sp³-hybridized carbons (Fsp3) is 1.00. The summed E-state index contributed by atoms with van der Waals surface area (Å²) in [6.07, 6.45) is 0. The van der Waals surface area contributed by atoms with Crippen LogP contribution in [0, 0.1) is 0 Å². The molecule has 0 spiro atoms. The van der Waals surface area contributed by atoms with E-state index in [-0.39, 0.29) is 0 Å². The third kappa shape index (κ3) is 2.23. The maximum absolute atomic E-state index is 5.01. The average molecular weight is 117 g/mol. The fourth-order valence-electron chi connectivity index (χ4n) is 0.537. The molecule has 0 radical (unpaired) electrons. The normalized spacial score (nSPS) is 24.0. The largest absolute Gasteiger partial charge is 0.351 e. The SMILES string of the molecule is C1NCNCOCN1. The van der Waals surface area contributed by atoms with Crippen LogP contribution in [0.5, 0.6) is 0 Å². The van der Waals surface area contributed by atoms with Crippen LogP contribution in [0.15, 0.2) is 0 Å². The Morgan fingerprint density at radius 3 is 2.12 bits per heavy atom. The molecule has 1 rings (SSSR count). The van der Waals surface area contributed by atoms with Gasteiger partial charge in [-0.1, -0.05) is 0 Å². The second-order valence-corrected chi connectivity index (χ2v) is 1.60. The maximum atomic E-state index is 5.01. The Morgan fingerprint density at radius 1 is 0.875 bits per heavy atom. The van der Waals surface area contributed by atoms with Crippen molar-refractivity contribution in [3.63, 3.8) is 0 Å². The standard InChI is InChI=1S/C4H11N3O/c1-5-2-7-4-8-3-6-1/h5-7H,1-4H2. The highest BCUT2D eigenvalue weighted by Crippen LogP contribution is 1.67. The number of hydrogen-bond acceptors (Lipinski definition) is 4. The van der Waals surface area contributed by atoms with Gasteiger partial charge in [-0.25, -0.2) is 0 Å². The molecule has 0 atom stereocenters. The van der Waals surface area contributed by atoms with Crippen molar-refractivity contribution < 1.29 is 4.74 Å². The van der Waals surface area contributed by atoms with Crippen LogP contribution in [-0.2, 0) is 4.74 Å². The van der Waals surface area contributed by atoms with Crippen LogP contribution in [-0.4, -0.2) is 26.8 Å². The van der Waals surface area contributed by atoms with E-state index in [4.69, 9.17) is 4.74 Å². The van der Waals surface area contributed by atoms with Crippen molar-refractivity contribution in [1.82, 2.24) is 16.0 Å². The average Bonchev–Trinajstić information content (AvgIpc) is 1.62. The fourth-order valence-corrected chi connectivity index (χ4v) is 0.537. The first-order valence-corrected chi connectivity index (χ1v) is 2.70. The predicted molar refractivity (Wildman–Crippen MR) is 30.0 cm³/mol. The van der Waals surface area contributed by atoms with Crippen molar-refractivity contribution in [1.29, 1.82) is 0 Å². The lowest BCUT2D eigenvalue weighted by Crippen LogP contribution is -2.41. The molecular formula is C4H11N3O. The molecule has 0 amide bonds. The van der Waals surface area contributed by atoms with Crippen molar-refractivity contribution >= 4 is 0 Å². The van der Waals surface area contributed by atoms with Gasteiger partial charge < -0.3 is 4.74 Å². The second-order valence-electron chi connectivity index (χ2n) is 1.60. The summed E-state index contributed by atoms with van der Waals surface area (Å²) in [5.41, 5.74) is 0. The lowest BCUT2D eigenvalue weighted by Gasteiger charge is -2.12. The van der Waals surface area contributed by atoms with Gasteiger partial charge in [-0.05, 0) is 0 Å². The summed E-state index contributed by atoms with van der Waals surface area (Å²) < 4.78 is 5.01. The molecule has 1 fully saturated rings. The minimum Gasteiger partial charge on any atom is -0.351 e. The van der Waals surface area contributed by atoms with E-state index in [2.05, 4.69) is 16.0 Å².